The second-order valence-corrected chi connectivity index (χ2v) is 9.38. The highest BCUT2D eigenvalue weighted by atomic mass is 32.2. The number of sulfonamides is 1. The van der Waals surface area contributed by atoms with Crippen LogP contribution >= 0.6 is 0 Å². The Kier molecular flexibility index (Phi) is 6.57. The lowest BCUT2D eigenvalue weighted by Crippen LogP contribution is -2.40. The van der Waals surface area contributed by atoms with Crippen LogP contribution in [-0.2, 0) is 19.9 Å². The molecule has 0 spiro atoms. The van der Waals surface area contributed by atoms with E-state index in [4.69, 9.17) is 0 Å². The van der Waals surface area contributed by atoms with Crippen molar-refractivity contribution in [3.05, 3.63) is 24.3 Å². The van der Waals surface area contributed by atoms with Gasteiger partial charge in [0.2, 0.25) is 0 Å². The van der Waals surface area contributed by atoms with E-state index in [-0.39, 0.29) is 4.90 Å². The fourth-order valence-electron chi connectivity index (χ4n) is 1.75. The number of hydrogen-bond acceptors (Lipinski definition) is 5. The Morgan fingerprint density at radius 1 is 1.09 bits per heavy atom. The maximum atomic E-state index is 12.3. The fraction of sp³-hybridized carbons (Fsp3) is 0.500. The van der Waals surface area contributed by atoms with Crippen LogP contribution in [0.2, 0.25) is 0 Å². The number of hydrogen-bond donors (Lipinski definition) is 2. The lowest BCUT2D eigenvalue weighted by Gasteiger charge is -2.14. The van der Waals surface area contributed by atoms with Crippen molar-refractivity contribution in [3.63, 3.8) is 0 Å². The van der Waals surface area contributed by atoms with Gasteiger partial charge in [-0.25, -0.2) is 26.4 Å². The predicted molar refractivity (Wildman–Crippen MR) is 87.4 cm³/mol. The van der Waals surface area contributed by atoms with Gasteiger partial charge >= 0.3 is 6.03 Å². The van der Waals surface area contributed by atoms with Crippen molar-refractivity contribution in [2.45, 2.75) is 48.7 Å². The highest BCUT2D eigenvalue weighted by Gasteiger charge is 2.29. The average molecular weight is 362 g/mol. The molecule has 2 N–H and O–H groups in total. The summed E-state index contributed by atoms with van der Waals surface area (Å²) < 4.78 is 51.1. The van der Waals surface area contributed by atoms with E-state index in [1.54, 1.807) is 0 Å². The summed E-state index contributed by atoms with van der Waals surface area (Å²) in [6.45, 7) is 5.19. The molecule has 0 saturated heterocycles. The van der Waals surface area contributed by atoms with Crippen LogP contribution in [0.25, 0.3) is 0 Å². The van der Waals surface area contributed by atoms with Crippen LogP contribution in [0.5, 0.6) is 0 Å². The van der Waals surface area contributed by atoms with E-state index >= 15 is 0 Å². The molecule has 130 valence electrons. The van der Waals surface area contributed by atoms with Crippen LogP contribution in [0.1, 0.15) is 33.6 Å². The topological polar surface area (TPSA) is 109 Å². The maximum absolute atomic E-state index is 12.3. The molecule has 1 aromatic carbocycles. The van der Waals surface area contributed by atoms with Gasteiger partial charge in [0, 0.05) is 6.54 Å². The molecular weight excluding hydrogens is 340 g/mol. The molecular formula is C14H22N2O5S2. The van der Waals surface area contributed by atoms with Crippen LogP contribution < -0.4 is 10.0 Å². The third-order valence-corrected chi connectivity index (χ3v) is 6.84. The van der Waals surface area contributed by atoms with Gasteiger partial charge in [0.15, 0.2) is 9.84 Å². The summed E-state index contributed by atoms with van der Waals surface area (Å²) in [6, 6.07) is 4.35. The fourth-order valence-corrected chi connectivity index (χ4v) is 4.57. The number of benzene rings is 1. The molecule has 2 amide bonds. The molecule has 0 bridgehead atoms. The largest absolute Gasteiger partial charge is 0.337 e. The maximum Gasteiger partial charge on any atom is 0.328 e. The molecule has 0 radical (unpaired) electrons. The predicted octanol–water partition coefficient (Wildman–Crippen LogP) is 1.66. The zero-order valence-corrected chi connectivity index (χ0v) is 15.0. The standard InChI is InChI=1S/C14H22N2O5S2/c1-4-5-10-15-14(17)16-23(20,21)13-9-7-6-8-12(13)22(18,19)11(2)3/h6-9,11H,4-5,10H2,1-3H3,(H2,15,16,17). The molecule has 0 aliphatic rings. The Labute approximate surface area is 137 Å². The van der Waals surface area contributed by atoms with Gasteiger partial charge in [-0.1, -0.05) is 25.5 Å². The third-order valence-electron chi connectivity index (χ3n) is 3.11. The Morgan fingerprint density at radius 2 is 1.65 bits per heavy atom. The van der Waals surface area contributed by atoms with Gasteiger partial charge in [0.25, 0.3) is 10.0 Å². The molecule has 23 heavy (non-hydrogen) atoms. The second kappa shape index (κ2) is 7.78. The van der Waals surface area contributed by atoms with Gasteiger partial charge in [-0.2, -0.15) is 0 Å². The number of carbonyl (C=O) groups is 1. The smallest absolute Gasteiger partial charge is 0.328 e. The number of nitrogens with one attached hydrogen (secondary N) is 2. The van der Waals surface area contributed by atoms with Crippen molar-refractivity contribution < 1.29 is 21.6 Å². The van der Waals surface area contributed by atoms with Crippen LogP contribution in [-0.4, -0.2) is 34.7 Å². The number of amides is 2. The lowest BCUT2D eigenvalue weighted by molar-refractivity contribution is 0.245. The summed E-state index contributed by atoms with van der Waals surface area (Å²) in [7, 11) is -8.08. The van der Waals surface area contributed by atoms with E-state index in [0.29, 0.717) is 13.0 Å². The van der Waals surface area contributed by atoms with Crippen molar-refractivity contribution in [3.8, 4) is 0 Å². The number of rotatable bonds is 7. The summed E-state index contributed by atoms with van der Waals surface area (Å²) in [5.74, 6) is 0. The van der Waals surface area contributed by atoms with Crippen molar-refractivity contribution in [2.24, 2.45) is 0 Å². The highest BCUT2D eigenvalue weighted by molar-refractivity contribution is 7.94. The summed E-state index contributed by atoms with van der Waals surface area (Å²) in [5.41, 5.74) is 0. The minimum Gasteiger partial charge on any atom is -0.337 e. The first kappa shape index (κ1) is 19.4. The van der Waals surface area contributed by atoms with E-state index < -0.39 is 36.0 Å². The number of sulfone groups is 1. The van der Waals surface area contributed by atoms with Crippen molar-refractivity contribution in [1.29, 1.82) is 0 Å². The Hall–Kier alpha value is -1.61. The van der Waals surface area contributed by atoms with Crippen LogP contribution in [0.15, 0.2) is 34.1 Å². The van der Waals surface area contributed by atoms with E-state index in [9.17, 15) is 21.6 Å². The molecule has 0 aliphatic carbocycles. The molecule has 1 aromatic rings. The molecule has 0 aliphatic heterocycles. The van der Waals surface area contributed by atoms with Gasteiger partial charge < -0.3 is 5.32 Å². The van der Waals surface area contributed by atoms with Crippen molar-refractivity contribution >= 4 is 25.9 Å². The van der Waals surface area contributed by atoms with Gasteiger partial charge in [0.05, 0.1) is 10.1 Å². The molecule has 7 nitrogen and oxygen atoms in total. The molecule has 0 unspecified atom stereocenters. The SMILES string of the molecule is CCCCNC(=O)NS(=O)(=O)c1ccccc1S(=O)(=O)C(C)C. The van der Waals surface area contributed by atoms with E-state index in [0.717, 1.165) is 12.5 Å². The first-order valence-corrected chi connectivity index (χ1v) is 10.3. The summed E-state index contributed by atoms with van der Waals surface area (Å²) in [6.07, 6.45) is 1.56. The number of carbonyl (C=O) groups excluding carboxylic acids is 1. The lowest BCUT2D eigenvalue weighted by atomic mass is 10.3. The number of urea groups is 1. The molecule has 1 rings (SSSR count). The Bertz CT molecular complexity index is 755. The summed E-state index contributed by atoms with van der Waals surface area (Å²) >= 11 is 0. The van der Waals surface area contributed by atoms with Crippen LogP contribution in [0, 0.1) is 0 Å². The van der Waals surface area contributed by atoms with Gasteiger partial charge in [-0.05, 0) is 32.4 Å². The molecule has 0 heterocycles. The first-order valence-electron chi connectivity index (χ1n) is 7.26. The second-order valence-electron chi connectivity index (χ2n) is 5.26. The molecule has 0 saturated carbocycles. The van der Waals surface area contributed by atoms with Crippen LogP contribution in [0.3, 0.4) is 0 Å². The molecule has 0 atom stereocenters. The van der Waals surface area contributed by atoms with Crippen molar-refractivity contribution in [2.75, 3.05) is 6.54 Å². The van der Waals surface area contributed by atoms with E-state index in [1.807, 2.05) is 11.6 Å². The zero-order valence-electron chi connectivity index (χ0n) is 13.4. The zero-order chi connectivity index (χ0) is 17.7. The first-order chi connectivity index (χ1) is 10.6. The quantitative estimate of drug-likeness (QED) is 0.717. The average Bonchev–Trinajstić information content (AvgIpc) is 2.47. The summed E-state index contributed by atoms with van der Waals surface area (Å²) in [4.78, 5) is 10.9. The highest BCUT2D eigenvalue weighted by Crippen LogP contribution is 2.24. The van der Waals surface area contributed by atoms with Crippen LogP contribution in [0.4, 0.5) is 4.79 Å². The number of unbranched alkanes of at least 4 members (excludes halogenated alkanes) is 1. The Balaban J connectivity index is 3.14. The summed E-state index contributed by atoms with van der Waals surface area (Å²) in [5, 5.41) is 1.63. The molecule has 9 heteroatoms. The third kappa shape index (κ3) is 4.93. The minimum atomic E-state index is -4.29. The van der Waals surface area contributed by atoms with Gasteiger partial charge in [0.1, 0.15) is 4.90 Å². The normalized spacial score (nSPS) is 12.2. The minimum absolute atomic E-state index is 0.316. The monoisotopic (exact) mass is 362 g/mol. The van der Waals surface area contributed by atoms with E-state index in [2.05, 4.69) is 5.32 Å². The van der Waals surface area contributed by atoms with Crippen molar-refractivity contribution in [1.82, 2.24) is 10.0 Å². The molecule has 0 aromatic heterocycles. The van der Waals surface area contributed by atoms with E-state index in [1.165, 1.54) is 32.0 Å². The van der Waals surface area contributed by atoms with Gasteiger partial charge in [-0.15, -0.1) is 0 Å². The molecule has 0 fully saturated rings. The van der Waals surface area contributed by atoms with Gasteiger partial charge in [-0.3, -0.25) is 0 Å². The Morgan fingerprint density at radius 3 is 2.17 bits per heavy atom.